The van der Waals surface area contributed by atoms with E-state index in [-0.39, 0.29) is 49.7 Å². The summed E-state index contributed by atoms with van der Waals surface area (Å²) in [4.78, 5) is 83.5. The zero-order valence-corrected chi connectivity index (χ0v) is 35.2. The van der Waals surface area contributed by atoms with Gasteiger partial charge in [-0.15, -0.1) is 0 Å². The summed E-state index contributed by atoms with van der Waals surface area (Å²) in [6, 6.07) is 21.5. The number of benzene rings is 2. The molecule has 1 aromatic heterocycles. The number of hydrogen-bond acceptors (Lipinski definition) is 8. The maximum absolute atomic E-state index is 14.9. The van der Waals surface area contributed by atoms with Crippen LogP contribution in [0.25, 0.3) is 0 Å². The number of ketones is 4. The number of amides is 1. The van der Waals surface area contributed by atoms with Crippen LogP contribution in [0.3, 0.4) is 0 Å². The van der Waals surface area contributed by atoms with Gasteiger partial charge in [0.15, 0.2) is 17.2 Å². The topological polar surface area (TPSA) is 123 Å². The molecule has 6 rings (SSSR count). The zero-order valence-electron chi connectivity index (χ0n) is 34.5. The highest BCUT2D eigenvalue weighted by Crippen LogP contribution is 2.43. The van der Waals surface area contributed by atoms with Crippen LogP contribution in [-0.2, 0) is 28.8 Å². The van der Waals surface area contributed by atoms with E-state index >= 15 is 0 Å². The minimum atomic E-state index is -0.978. The minimum Gasteiger partial charge on any atom is -0.387 e. The molecule has 1 unspecified atom stereocenters. The molecule has 1 saturated heterocycles. The van der Waals surface area contributed by atoms with Crippen molar-refractivity contribution >= 4 is 46.4 Å². The molecule has 1 aliphatic carbocycles. The fraction of sp³-hybridized carbons (Fsp3) is 0.521. The summed E-state index contributed by atoms with van der Waals surface area (Å²) >= 11 is 6.32. The fourth-order valence-corrected chi connectivity index (χ4v) is 9.41. The van der Waals surface area contributed by atoms with Gasteiger partial charge in [0.1, 0.15) is 5.78 Å². The predicted molar refractivity (Wildman–Crippen MR) is 225 cm³/mol. The van der Waals surface area contributed by atoms with Crippen molar-refractivity contribution in [3.8, 4) is 0 Å². The SMILES string of the molecule is CCC[C@H](CC(=O)[C@@H]1C[C@]2(CC(c3cccc(Cl)c3)=NO2)CN1C(=O)[C@@H](CC(=O)CC1CCCCC1)C(C)(C)C)C(=O)C(=O)CC(c1ccccc1)c1ccccn1. The monoisotopic (exact) mass is 807 g/mol. The second-order valence-corrected chi connectivity index (χ2v) is 18.4. The largest absolute Gasteiger partial charge is 0.387 e. The van der Waals surface area contributed by atoms with E-state index in [1.807, 2.05) is 94.4 Å². The third-order valence-corrected chi connectivity index (χ3v) is 12.7. The van der Waals surface area contributed by atoms with E-state index in [0.29, 0.717) is 48.0 Å². The van der Waals surface area contributed by atoms with E-state index in [9.17, 15) is 24.0 Å². The smallest absolute Gasteiger partial charge is 0.227 e. The Morgan fingerprint density at radius 3 is 2.33 bits per heavy atom. The van der Waals surface area contributed by atoms with Crippen molar-refractivity contribution in [3.05, 3.63) is 101 Å². The van der Waals surface area contributed by atoms with Crippen LogP contribution in [0.1, 0.15) is 134 Å². The normalized spacial score (nSPS) is 21.2. The van der Waals surface area contributed by atoms with Gasteiger partial charge in [0, 0.05) is 78.8 Å². The molecule has 3 heterocycles. The lowest BCUT2D eigenvalue weighted by Gasteiger charge is -2.35. The van der Waals surface area contributed by atoms with Crippen molar-refractivity contribution in [1.29, 1.82) is 0 Å². The van der Waals surface area contributed by atoms with Crippen molar-refractivity contribution in [3.63, 3.8) is 0 Å². The van der Waals surface area contributed by atoms with Gasteiger partial charge in [-0.1, -0.05) is 132 Å². The van der Waals surface area contributed by atoms with Crippen LogP contribution in [0.4, 0.5) is 0 Å². The summed E-state index contributed by atoms with van der Waals surface area (Å²) in [5.41, 5.74) is 1.47. The molecule has 2 aromatic carbocycles. The third kappa shape index (κ3) is 10.6. The van der Waals surface area contributed by atoms with Gasteiger partial charge in [-0.3, -0.25) is 29.0 Å². The fourth-order valence-electron chi connectivity index (χ4n) is 9.22. The van der Waals surface area contributed by atoms with E-state index in [2.05, 4.69) is 10.1 Å². The second-order valence-electron chi connectivity index (χ2n) is 17.9. The molecule has 10 heteroatoms. The Kier molecular flexibility index (Phi) is 14.2. The molecular weight excluding hydrogens is 750 g/mol. The number of pyridine rings is 1. The van der Waals surface area contributed by atoms with Crippen LogP contribution >= 0.6 is 11.6 Å². The number of rotatable bonds is 17. The molecule has 308 valence electrons. The van der Waals surface area contributed by atoms with Gasteiger partial charge in [-0.25, -0.2) is 0 Å². The maximum atomic E-state index is 14.9. The lowest BCUT2D eigenvalue weighted by Crippen LogP contribution is -2.48. The number of halogens is 1. The molecule has 1 saturated carbocycles. The first kappa shape index (κ1) is 43.1. The number of Topliss-reactive ketones (excluding diaryl/α,β-unsaturated/α-hetero) is 4. The average Bonchev–Trinajstić information content (AvgIpc) is 3.82. The molecule has 0 bridgehead atoms. The number of aromatic nitrogens is 1. The summed E-state index contributed by atoms with van der Waals surface area (Å²) in [6.45, 7) is 7.93. The van der Waals surface area contributed by atoms with Crippen molar-refractivity contribution in [2.24, 2.45) is 28.3 Å². The first-order chi connectivity index (χ1) is 27.8. The molecule has 9 nitrogen and oxygen atoms in total. The minimum absolute atomic E-state index is 0.0762. The molecule has 3 aromatic rings. The quantitative estimate of drug-likeness (QED) is 0.125. The van der Waals surface area contributed by atoms with E-state index in [4.69, 9.17) is 16.4 Å². The first-order valence-electron chi connectivity index (χ1n) is 21.2. The van der Waals surface area contributed by atoms with Crippen molar-refractivity contribution in [1.82, 2.24) is 9.88 Å². The molecule has 3 aliphatic rings. The van der Waals surface area contributed by atoms with Crippen LogP contribution < -0.4 is 0 Å². The molecule has 58 heavy (non-hydrogen) atoms. The molecule has 1 amide bonds. The first-order valence-corrected chi connectivity index (χ1v) is 21.5. The highest BCUT2D eigenvalue weighted by Gasteiger charge is 2.55. The van der Waals surface area contributed by atoms with Crippen LogP contribution in [0, 0.1) is 23.2 Å². The highest BCUT2D eigenvalue weighted by molar-refractivity contribution is 6.38. The summed E-state index contributed by atoms with van der Waals surface area (Å²) in [7, 11) is 0. The number of carbonyl (C=O) groups is 5. The van der Waals surface area contributed by atoms with E-state index in [1.165, 1.54) is 6.42 Å². The van der Waals surface area contributed by atoms with Crippen molar-refractivity contribution in [2.45, 2.75) is 129 Å². The Labute approximate surface area is 348 Å². The van der Waals surface area contributed by atoms with Gasteiger partial charge in [0.05, 0.1) is 18.3 Å². The van der Waals surface area contributed by atoms with E-state index < -0.39 is 46.4 Å². The third-order valence-electron chi connectivity index (χ3n) is 12.4. The number of carbonyl (C=O) groups excluding carboxylic acids is 5. The van der Waals surface area contributed by atoms with Gasteiger partial charge < -0.3 is 9.74 Å². The van der Waals surface area contributed by atoms with Crippen LogP contribution in [0.2, 0.25) is 5.02 Å². The standard InChI is InChI=1S/C48H58ClN3O6/c1-5-15-35(45(56)44(55)28-38(33-18-10-7-11-19-33)40-22-12-13-23-50-40)26-43(54)42-30-48(29-41(51-58-48)34-20-14-21-36(49)25-34)31-52(42)46(57)39(47(2,3)4)27-37(53)24-32-16-8-6-9-17-32/h7,10-14,18-23,25,32,35,38-39,42H,5-6,8-9,15-17,24,26-31H2,1-4H3/t35-,38?,39-,42+,48-/m1/s1. The van der Waals surface area contributed by atoms with E-state index in [0.717, 1.165) is 36.8 Å². The summed E-state index contributed by atoms with van der Waals surface area (Å²) < 4.78 is 0. The highest BCUT2D eigenvalue weighted by atomic mass is 35.5. The molecule has 2 aliphatic heterocycles. The maximum Gasteiger partial charge on any atom is 0.227 e. The van der Waals surface area contributed by atoms with Gasteiger partial charge in [-0.05, 0) is 47.6 Å². The Hall–Kier alpha value is -4.50. The Bertz CT molecular complexity index is 1930. The molecule has 1 spiro atoms. The number of nitrogens with zero attached hydrogens (tertiary/aromatic N) is 3. The lowest BCUT2D eigenvalue weighted by atomic mass is 9.75. The van der Waals surface area contributed by atoms with Gasteiger partial charge >= 0.3 is 0 Å². The summed E-state index contributed by atoms with van der Waals surface area (Å²) in [5, 5.41) is 5.00. The van der Waals surface area contributed by atoms with Crippen LogP contribution in [0.5, 0.6) is 0 Å². The van der Waals surface area contributed by atoms with Gasteiger partial charge in [0.25, 0.3) is 0 Å². The Balaban J connectivity index is 1.24. The Morgan fingerprint density at radius 1 is 0.914 bits per heavy atom. The number of hydrogen-bond donors (Lipinski definition) is 0. The molecule has 0 N–H and O–H groups in total. The number of likely N-dealkylation sites (tertiary alicyclic amines) is 1. The Morgan fingerprint density at radius 2 is 1.66 bits per heavy atom. The summed E-state index contributed by atoms with van der Waals surface area (Å²) in [5.74, 6) is -3.22. The summed E-state index contributed by atoms with van der Waals surface area (Å²) in [6.07, 6.45) is 8.96. The van der Waals surface area contributed by atoms with Crippen LogP contribution in [0.15, 0.2) is 84.1 Å². The second kappa shape index (κ2) is 19.0. The lowest BCUT2D eigenvalue weighted by molar-refractivity contribution is -0.147. The van der Waals surface area contributed by atoms with Gasteiger partial charge in [-0.2, -0.15) is 0 Å². The average molecular weight is 808 g/mol. The molecule has 5 atom stereocenters. The molecule has 0 radical (unpaired) electrons. The number of oxime groups is 1. The molecule has 2 fully saturated rings. The van der Waals surface area contributed by atoms with Crippen molar-refractivity contribution in [2.75, 3.05) is 6.54 Å². The van der Waals surface area contributed by atoms with Crippen molar-refractivity contribution < 1.29 is 28.8 Å². The van der Waals surface area contributed by atoms with Gasteiger partial charge in [0.2, 0.25) is 11.7 Å². The van der Waals surface area contributed by atoms with E-state index in [1.54, 1.807) is 17.2 Å². The molecular formula is C48H58ClN3O6. The zero-order chi connectivity index (χ0) is 41.5. The van der Waals surface area contributed by atoms with Crippen LogP contribution in [-0.4, -0.2) is 62.8 Å². The predicted octanol–water partition coefficient (Wildman–Crippen LogP) is 9.53.